The summed E-state index contributed by atoms with van der Waals surface area (Å²) in [5, 5.41) is 0. The van der Waals surface area contributed by atoms with Crippen LogP contribution in [0.3, 0.4) is 0 Å². The van der Waals surface area contributed by atoms with Crippen LogP contribution in [0.2, 0.25) is 0 Å². The summed E-state index contributed by atoms with van der Waals surface area (Å²) in [6, 6.07) is 4.49. The Hall–Kier alpha value is -0.180. The van der Waals surface area contributed by atoms with E-state index in [0.717, 1.165) is 0 Å². The highest BCUT2D eigenvalue weighted by atomic mass is 80.0. The number of esters is 1. The van der Waals surface area contributed by atoms with Crippen molar-refractivity contribution in [2.45, 2.75) is 27.9 Å². The second-order valence-corrected chi connectivity index (χ2v) is 11.8. The van der Waals surface area contributed by atoms with Crippen LogP contribution in [0.15, 0.2) is 18.2 Å². The smallest absolute Gasteiger partial charge is 0.344 e. The molecule has 2 atom stereocenters. The van der Waals surface area contributed by atoms with Crippen molar-refractivity contribution in [3.8, 4) is 5.75 Å². The molecule has 1 aliphatic heterocycles. The van der Waals surface area contributed by atoms with Gasteiger partial charge in [0.1, 0.15) is 18.2 Å². The molecule has 0 saturated carbocycles. The molecule has 0 spiro atoms. The first-order valence-electron chi connectivity index (χ1n) is 5.96. The average molecular weight is 491 g/mol. The Bertz CT molecular complexity index is 561. The highest BCUT2D eigenvalue weighted by Gasteiger charge is 2.53. The third kappa shape index (κ3) is 3.97. The SMILES string of the molecule is Cc1ccc(OC[C@@]2(C)OC(C(Br)(Br)Br)OC2=O)cc1F. The van der Waals surface area contributed by atoms with Crippen LogP contribution in [-0.2, 0) is 14.3 Å². The lowest BCUT2D eigenvalue weighted by Gasteiger charge is -2.22. The lowest BCUT2D eigenvalue weighted by atomic mass is 10.1. The molecule has 2 rings (SSSR count). The van der Waals surface area contributed by atoms with Crippen LogP contribution in [0.1, 0.15) is 12.5 Å². The molecule has 0 amide bonds. The van der Waals surface area contributed by atoms with Gasteiger partial charge in [-0.2, -0.15) is 0 Å². The topological polar surface area (TPSA) is 44.8 Å². The highest BCUT2D eigenvalue weighted by molar-refractivity contribution is 9.39. The fourth-order valence-corrected chi connectivity index (χ4v) is 2.20. The van der Waals surface area contributed by atoms with E-state index < -0.39 is 20.0 Å². The number of benzene rings is 1. The van der Waals surface area contributed by atoms with Gasteiger partial charge >= 0.3 is 5.97 Å². The zero-order valence-electron chi connectivity index (χ0n) is 11.2. The van der Waals surface area contributed by atoms with Crippen LogP contribution in [0.4, 0.5) is 4.39 Å². The summed E-state index contributed by atoms with van der Waals surface area (Å²) >= 11 is 9.72. The Labute approximate surface area is 146 Å². The molecule has 0 aromatic heterocycles. The quantitative estimate of drug-likeness (QED) is 0.474. The summed E-state index contributed by atoms with van der Waals surface area (Å²) in [4.78, 5) is 11.9. The van der Waals surface area contributed by atoms with Gasteiger partial charge in [0.25, 0.3) is 0 Å². The van der Waals surface area contributed by atoms with E-state index in [0.29, 0.717) is 11.3 Å². The molecule has 21 heavy (non-hydrogen) atoms. The first-order chi connectivity index (χ1) is 9.62. The van der Waals surface area contributed by atoms with Crippen molar-refractivity contribution in [3.05, 3.63) is 29.6 Å². The molecule has 1 heterocycles. The van der Waals surface area contributed by atoms with Crippen LogP contribution < -0.4 is 4.74 Å². The molecule has 1 saturated heterocycles. The van der Waals surface area contributed by atoms with E-state index in [1.807, 2.05) is 0 Å². The molecule has 0 aliphatic carbocycles. The van der Waals surface area contributed by atoms with Gasteiger partial charge in [0.15, 0.2) is 7.74 Å². The van der Waals surface area contributed by atoms with Gasteiger partial charge in [0.05, 0.1) is 0 Å². The van der Waals surface area contributed by atoms with Crippen molar-refractivity contribution in [2.75, 3.05) is 6.61 Å². The van der Waals surface area contributed by atoms with E-state index in [-0.39, 0.29) is 12.4 Å². The maximum Gasteiger partial charge on any atom is 0.344 e. The van der Waals surface area contributed by atoms with E-state index in [2.05, 4.69) is 47.8 Å². The number of carbonyl (C=O) groups is 1. The Morgan fingerprint density at radius 3 is 2.62 bits per heavy atom. The fourth-order valence-electron chi connectivity index (χ4n) is 1.64. The third-order valence-electron chi connectivity index (χ3n) is 2.94. The van der Waals surface area contributed by atoms with E-state index in [9.17, 15) is 9.18 Å². The van der Waals surface area contributed by atoms with Crippen molar-refractivity contribution < 1.29 is 23.4 Å². The van der Waals surface area contributed by atoms with E-state index >= 15 is 0 Å². The summed E-state index contributed by atoms with van der Waals surface area (Å²) in [5.41, 5.74) is -0.750. The first kappa shape index (κ1) is 17.2. The number of halogens is 4. The van der Waals surface area contributed by atoms with Gasteiger partial charge in [-0.1, -0.05) is 53.9 Å². The second kappa shape index (κ2) is 6.14. The zero-order valence-corrected chi connectivity index (χ0v) is 15.9. The highest BCUT2D eigenvalue weighted by Crippen LogP contribution is 2.44. The van der Waals surface area contributed by atoms with E-state index in [1.54, 1.807) is 26.0 Å². The van der Waals surface area contributed by atoms with Crippen LogP contribution >= 0.6 is 47.8 Å². The number of hydrogen-bond donors (Lipinski definition) is 0. The molecule has 1 aromatic rings. The maximum absolute atomic E-state index is 13.4. The van der Waals surface area contributed by atoms with Crippen LogP contribution in [0.25, 0.3) is 0 Å². The van der Waals surface area contributed by atoms with Crippen LogP contribution in [-0.4, -0.2) is 26.6 Å². The third-order valence-corrected chi connectivity index (χ3v) is 4.06. The van der Waals surface area contributed by atoms with Gasteiger partial charge in [-0.15, -0.1) is 0 Å². The van der Waals surface area contributed by atoms with E-state index in [1.165, 1.54) is 6.07 Å². The van der Waals surface area contributed by atoms with Crippen molar-refractivity contribution in [3.63, 3.8) is 0 Å². The number of hydrogen-bond acceptors (Lipinski definition) is 4. The summed E-state index contributed by atoms with van der Waals surface area (Å²) in [5.74, 6) is -0.601. The number of aryl methyl sites for hydroxylation is 1. The van der Waals surface area contributed by atoms with Gasteiger partial charge < -0.3 is 14.2 Å². The molecule has 0 bridgehead atoms. The lowest BCUT2D eigenvalue weighted by Crippen LogP contribution is -2.40. The molecule has 4 nitrogen and oxygen atoms in total. The van der Waals surface area contributed by atoms with Crippen molar-refractivity contribution in [2.24, 2.45) is 0 Å². The van der Waals surface area contributed by atoms with Gasteiger partial charge in [-0.3, -0.25) is 0 Å². The van der Waals surface area contributed by atoms with Gasteiger partial charge in [0, 0.05) is 6.07 Å². The Balaban J connectivity index is 2.05. The Kier molecular flexibility index (Phi) is 5.02. The second-order valence-electron chi connectivity index (χ2n) is 4.83. The largest absolute Gasteiger partial charge is 0.490 e. The normalized spacial score (nSPS) is 25.8. The minimum absolute atomic E-state index is 0.0894. The molecule has 1 aromatic carbocycles. The monoisotopic (exact) mass is 488 g/mol. The summed E-state index contributed by atoms with van der Waals surface area (Å²) in [6.07, 6.45) is -0.867. The maximum atomic E-state index is 13.4. The summed E-state index contributed by atoms with van der Waals surface area (Å²) < 4.78 is 28.7. The number of ether oxygens (including phenoxy) is 3. The van der Waals surface area contributed by atoms with Crippen molar-refractivity contribution in [1.29, 1.82) is 0 Å². The van der Waals surface area contributed by atoms with Crippen molar-refractivity contribution >= 4 is 53.8 Å². The molecule has 0 N–H and O–H groups in total. The molecule has 1 fully saturated rings. The number of cyclic esters (lactones) is 1. The van der Waals surface area contributed by atoms with Crippen molar-refractivity contribution in [1.82, 2.24) is 0 Å². The minimum atomic E-state index is -1.27. The van der Waals surface area contributed by atoms with Gasteiger partial charge in [-0.05, 0) is 25.5 Å². The van der Waals surface area contributed by atoms with Crippen LogP contribution in [0.5, 0.6) is 5.75 Å². The molecule has 1 aliphatic rings. The minimum Gasteiger partial charge on any atom is -0.490 e. The Morgan fingerprint density at radius 2 is 2.10 bits per heavy atom. The molecular formula is C13H12Br3FO4. The number of alkyl halides is 3. The standard InChI is InChI=1S/C13H12Br3FO4/c1-7-3-4-8(5-9(7)17)19-6-12(2)10(18)20-11(21-12)13(14,15)16/h3-5,11H,6H2,1-2H3/t11?,12-/m1/s1. The zero-order chi connectivity index (χ0) is 15.8. The average Bonchev–Trinajstić information content (AvgIpc) is 2.68. The lowest BCUT2D eigenvalue weighted by molar-refractivity contribution is -0.145. The predicted octanol–water partition coefficient (Wildman–Crippen LogP) is 4.01. The Morgan fingerprint density at radius 1 is 1.43 bits per heavy atom. The van der Waals surface area contributed by atoms with Crippen LogP contribution in [0, 0.1) is 12.7 Å². The number of rotatable bonds is 3. The summed E-state index contributed by atoms with van der Waals surface area (Å²) in [7, 11) is 0. The first-order valence-corrected chi connectivity index (χ1v) is 8.34. The predicted molar refractivity (Wildman–Crippen MR) is 85.5 cm³/mol. The number of carbonyl (C=O) groups excluding carboxylic acids is 1. The van der Waals surface area contributed by atoms with Gasteiger partial charge in [-0.25, -0.2) is 9.18 Å². The molecular weight excluding hydrogens is 479 g/mol. The summed E-state index contributed by atoms with van der Waals surface area (Å²) in [6.45, 7) is 3.12. The fraction of sp³-hybridized carbons (Fsp3) is 0.462. The van der Waals surface area contributed by atoms with E-state index in [4.69, 9.17) is 14.2 Å². The van der Waals surface area contributed by atoms with Gasteiger partial charge in [0.2, 0.25) is 6.29 Å². The molecule has 0 radical (unpaired) electrons. The molecule has 8 heteroatoms. The molecule has 1 unspecified atom stereocenters. The molecule has 116 valence electrons.